The lowest BCUT2D eigenvalue weighted by Gasteiger charge is -2.06. The molecule has 2 heterocycles. The highest BCUT2D eigenvalue weighted by atomic mass is 127. The number of rotatable bonds is 2. The molecule has 0 aliphatic carbocycles. The first kappa shape index (κ1) is 13.9. The monoisotopic (exact) mass is 389 g/mol. The molecule has 0 N–H and O–H groups in total. The van der Waals surface area contributed by atoms with Crippen LogP contribution in [0.5, 0.6) is 0 Å². The molecule has 0 aliphatic heterocycles. The molecule has 1 aromatic carbocycles. The van der Waals surface area contributed by atoms with Crippen LogP contribution in [-0.4, -0.2) is 14.5 Å². The minimum absolute atomic E-state index is 0.0376. The van der Waals surface area contributed by atoms with Crippen LogP contribution in [0.4, 0.5) is 0 Å². The summed E-state index contributed by atoms with van der Waals surface area (Å²) in [6.07, 6.45) is 7.21. The standard InChI is InChI=1S/C16H12IN3O/c1-20-15(7-4-11-3-2-8-18-10-11)19-14-6-5-12(17)9-13(14)16(20)21/h2-10H,1H3/b7-4+. The van der Waals surface area contributed by atoms with Crippen molar-refractivity contribution in [1.82, 2.24) is 14.5 Å². The van der Waals surface area contributed by atoms with Crippen molar-refractivity contribution < 1.29 is 0 Å². The molecule has 5 heteroatoms. The van der Waals surface area contributed by atoms with Crippen molar-refractivity contribution in [1.29, 1.82) is 0 Å². The van der Waals surface area contributed by atoms with E-state index in [0.29, 0.717) is 16.7 Å². The van der Waals surface area contributed by atoms with Crippen molar-refractivity contribution in [2.75, 3.05) is 0 Å². The third kappa shape index (κ3) is 2.87. The Morgan fingerprint density at radius 3 is 2.86 bits per heavy atom. The van der Waals surface area contributed by atoms with Gasteiger partial charge in [-0.1, -0.05) is 6.07 Å². The molecule has 0 spiro atoms. The van der Waals surface area contributed by atoms with E-state index < -0.39 is 0 Å². The Hall–Kier alpha value is -2.02. The first-order valence-electron chi connectivity index (χ1n) is 6.39. The summed E-state index contributed by atoms with van der Waals surface area (Å²) in [4.78, 5) is 21.0. The van der Waals surface area contributed by atoms with Gasteiger partial charge < -0.3 is 0 Å². The predicted octanol–water partition coefficient (Wildman–Crippen LogP) is 3.10. The molecule has 0 bridgehead atoms. The highest BCUT2D eigenvalue weighted by Crippen LogP contribution is 2.14. The molecule has 0 fully saturated rings. The highest BCUT2D eigenvalue weighted by Gasteiger charge is 2.06. The molecule has 4 nitrogen and oxygen atoms in total. The number of aromatic nitrogens is 3. The predicted molar refractivity (Wildman–Crippen MR) is 92.9 cm³/mol. The van der Waals surface area contributed by atoms with E-state index in [1.807, 2.05) is 42.5 Å². The summed E-state index contributed by atoms with van der Waals surface area (Å²) in [6, 6.07) is 9.50. The maximum absolute atomic E-state index is 12.4. The molecule has 0 saturated carbocycles. The zero-order valence-corrected chi connectivity index (χ0v) is 13.5. The molecule has 3 rings (SSSR count). The number of hydrogen-bond donors (Lipinski definition) is 0. The molecular weight excluding hydrogens is 377 g/mol. The minimum Gasteiger partial charge on any atom is -0.296 e. The second-order valence-electron chi connectivity index (χ2n) is 4.62. The van der Waals surface area contributed by atoms with Crippen molar-refractivity contribution in [2.24, 2.45) is 7.05 Å². The maximum Gasteiger partial charge on any atom is 0.261 e. The van der Waals surface area contributed by atoms with Crippen LogP contribution in [0.15, 0.2) is 47.5 Å². The number of pyridine rings is 1. The van der Waals surface area contributed by atoms with E-state index in [9.17, 15) is 4.79 Å². The minimum atomic E-state index is -0.0376. The molecule has 0 unspecified atom stereocenters. The van der Waals surface area contributed by atoms with Crippen molar-refractivity contribution in [3.63, 3.8) is 0 Å². The fourth-order valence-corrected chi connectivity index (χ4v) is 2.55. The Labute approximate surface area is 135 Å². The molecule has 0 aliphatic rings. The number of hydrogen-bond acceptors (Lipinski definition) is 3. The summed E-state index contributed by atoms with van der Waals surface area (Å²) in [7, 11) is 1.73. The van der Waals surface area contributed by atoms with Crippen molar-refractivity contribution in [3.8, 4) is 0 Å². The fourth-order valence-electron chi connectivity index (χ4n) is 2.05. The Kier molecular flexibility index (Phi) is 3.83. The zero-order chi connectivity index (χ0) is 14.8. The van der Waals surface area contributed by atoms with E-state index in [-0.39, 0.29) is 5.56 Å². The van der Waals surface area contributed by atoms with Gasteiger partial charge in [-0.15, -0.1) is 0 Å². The van der Waals surface area contributed by atoms with Gasteiger partial charge in [0.2, 0.25) is 0 Å². The second-order valence-corrected chi connectivity index (χ2v) is 5.86. The summed E-state index contributed by atoms with van der Waals surface area (Å²) in [5.74, 6) is 0.623. The zero-order valence-electron chi connectivity index (χ0n) is 11.3. The van der Waals surface area contributed by atoms with Crippen LogP contribution in [0.1, 0.15) is 11.4 Å². The molecule has 0 saturated heterocycles. The van der Waals surface area contributed by atoms with Crippen LogP contribution in [0.2, 0.25) is 0 Å². The van der Waals surface area contributed by atoms with Gasteiger partial charge in [0, 0.05) is 23.0 Å². The van der Waals surface area contributed by atoms with Gasteiger partial charge in [-0.05, 0) is 64.6 Å². The lowest BCUT2D eigenvalue weighted by molar-refractivity contribution is 0.828. The van der Waals surface area contributed by atoms with Gasteiger partial charge >= 0.3 is 0 Å². The molecule has 0 radical (unpaired) electrons. The quantitative estimate of drug-likeness (QED) is 0.633. The van der Waals surface area contributed by atoms with Crippen molar-refractivity contribution >= 4 is 45.6 Å². The number of benzene rings is 1. The third-order valence-electron chi connectivity index (χ3n) is 3.18. The first-order valence-corrected chi connectivity index (χ1v) is 7.47. The van der Waals surface area contributed by atoms with E-state index in [0.717, 1.165) is 9.13 Å². The number of nitrogens with zero attached hydrogens (tertiary/aromatic N) is 3. The average molecular weight is 389 g/mol. The largest absolute Gasteiger partial charge is 0.296 e. The van der Waals surface area contributed by atoms with Crippen molar-refractivity contribution in [3.05, 3.63) is 68.0 Å². The Balaban J connectivity index is 2.12. The lowest BCUT2D eigenvalue weighted by atomic mass is 10.2. The molecular formula is C16H12IN3O. The summed E-state index contributed by atoms with van der Waals surface area (Å²) in [5.41, 5.74) is 1.64. The topological polar surface area (TPSA) is 47.8 Å². The third-order valence-corrected chi connectivity index (χ3v) is 3.85. The van der Waals surface area contributed by atoms with Gasteiger partial charge in [-0.3, -0.25) is 14.3 Å². The summed E-state index contributed by atoms with van der Waals surface area (Å²) in [5, 5.41) is 0.642. The van der Waals surface area contributed by atoms with Gasteiger partial charge in [-0.2, -0.15) is 0 Å². The van der Waals surface area contributed by atoms with Gasteiger partial charge in [0.05, 0.1) is 10.9 Å². The molecule has 0 atom stereocenters. The second kappa shape index (κ2) is 5.77. The van der Waals surface area contributed by atoms with E-state index in [4.69, 9.17) is 0 Å². The van der Waals surface area contributed by atoms with E-state index >= 15 is 0 Å². The summed E-state index contributed by atoms with van der Waals surface area (Å²) >= 11 is 2.19. The molecule has 104 valence electrons. The van der Waals surface area contributed by atoms with Crippen LogP contribution in [0.3, 0.4) is 0 Å². The van der Waals surface area contributed by atoms with Crippen LogP contribution in [-0.2, 0) is 7.05 Å². The van der Waals surface area contributed by atoms with E-state index in [1.54, 1.807) is 24.0 Å². The number of fused-ring (bicyclic) bond motifs is 1. The Morgan fingerprint density at radius 2 is 2.10 bits per heavy atom. The molecule has 0 amide bonds. The number of halogens is 1. The van der Waals surface area contributed by atoms with Gasteiger partial charge in [0.25, 0.3) is 5.56 Å². The maximum atomic E-state index is 12.4. The van der Waals surface area contributed by atoms with Crippen LogP contribution < -0.4 is 5.56 Å². The SMILES string of the molecule is Cn1c(/C=C/c2cccnc2)nc2ccc(I)cc2c1=O. The molecule has 2 aromatic heterocycles. The fraction of sp³-hybridized carbons (Fsp3) is 0.0625. The van der Waals surface area contributed by atoms with Crippen molar-refractivity contribution in [2.45, 2.75) is 0 Å². The Bertz CT molecular complexity index is 885. The van der Waals surface area contributed by atoms with E-state index in [1.165, 1.54) is 0 Å². The Morgan fingerprint density at radius 1 is 1.24 bits per heavy atom. The molecule has 21 heavy (non-hydrogen) atoms. The van der Waals surface area contributed by atoms with E-state index in [2.05, 4.69) is 32.6 Å². The summed E-state index contributed by atoms with van der Waals surface area (Å²) < 4.78 is 2.59. The van der Waals surface area contributed by atoms with Crippen LogP contribution >= 0.6 is 22.6 Å². The van der Waals surface area contributed by atoms with Gasteiger partial charge in [0.15, 0.2) is 0 Å². The lowest BCUT2D eigenvalue weighted by Crippen LogP contribution is -2.20. The average Bonchev–Trinajstić information content (AvgIpc) is 2.51. The molecule has 3 aromatic rings. The van der Waals surface area contributed by atoms with Gasteiger partial charge in [-0.25, -0.2) is 4.98 Å². The summed E-state index contributed by atoms with van der Waals surface area (Å²) in [6.45, 7) is 0. The van der Waals surface area contributed by atoms with Crippen LogP contribution in [0, 0.1) is 3.57 Å². The highest BCUT2D eigenvalue weighted by molar-refractivity contribution is 14.1. The first-order chi connectivity index (χ1) is 10.1. The van der Waals surface area contributed by atoms with Gasteiger partial charge in [0.1, 0.15) is 5.82 Å². The normalized spacial score (nSPS) is 11.3. The smallest absolute Gasteiger partial charge is 0.261 e. The van der Waals surface area contributed by atoms with Crippen LogP contribution in [0.25, 0.3) is 23.1 Å².